The predicted molar refractivity (Wildman–Crippen MR) is 66.2 cm³/mol. The van der Waals surface area contributed by atoms with Crippen molar-refractivity contribution in [3.8, 4) is 0 Å². The van der Waals surface area contributed by atoms with E-state index in [2.05, 4.69) is 25.1 Å². The molecule has 3 nitrogen and oxygen atoms in total. The molecule has 2 rings (SSSR count). The van der Waals surface area contributed by atoms with Gasteiger partial charge in [-0.1, -0.05) is 13.3 Å². The summed E-state index contributed by atoms with van der Waals surface area (Å²) in [6.45, 7) is 2.16. The standard InChI is InChI=1S/C13H23N3/c1-3-12-9-13(16(2)15-12)8-10-5-4-6-11(14)7-10/h9-11H,3-8,14H2,1-2H3. The fourth-order valence-electron chi connectivity index (χ4n) is 2.75. The lowest BCUT2D eigenvalue weighted by molar-refractivity contribution is 0.316. The average molecular weight is 221 g/mol. The molecule has 2 unspecified atom stereocenters. The summed E-state index contributed by atoms with van der Waals surface area (Å²) in [5.41, 5.74) is 8.60. The summed E-state index contributed by atoms with van der Waals surface area (Å²) in [4.78, 5) is 0. The molecule has 2 N–H and O–H groups in total. The van der Waals surface area contributed by atoms with Gasteiger partial charge in [-0.3, -0.25) is 4.68 Å². The second kappa shape index (κ2) is 5.00. The lowest BCUT2D eigenvalue weighted by Crippen LogP contribution is -2.29. The van der Waals surface area contributed by atoms with Gasteiger partial charge in [0.15, 0.2) is 0 Å². The lowest BCUT2D eigenvalue weighted by Gasteiger charge is -2.26. The van der Waals surface area contributed by atoms with Gasteiger partial charge in [0.2, 0.25) is 0 Å². The van der Waals surface area contributed by atoms with Gasteiger partial charge in [-0.15, -0.1) is 0 Å². The quantitative estimate of drug-likeness (QED) is 0.849. The number of rotatable bonds is 3. The van der Waals surface area contributed by atoms with E-state index in [0.29, 0.717) is 6.04 Å². The zero-order valence-corrected chi connectivity index (χ0v) is 10.4. The lowest BCUT2D eigenvalue weighted by atomic mass is 9.83. The van der Waals surface area contributed by atoms with Crippen molar-refractivity contribution >= 4 is 0 Å². The highest BCUT2D eigenvalue weighted by Gasteiger charge is 2.20. The molecule has 0 spiro atoms. The smallest absolute Gasteiger partial charge is 0.0624 e. The van der Waals surface area contributed by atoms with Crippen LogP contribution in [0.25, 0.3) is 0 Å². The molecule has 1 fully saturated rings. The van der Waals surface area contributed by atoms with Gasteiger partial charge >= 0.3 is 0 Å². The van der Waals surface area contributed by atoms with Crippen LogP contribution in [0.1, 0.15) is 44.0 Å². The SMILES string of the molecule is CCc1cc(CC2CCCC(N)C2)n(C)n1. The molecule has 2 atom stereocenters. The van der Waals surface area contributed by atoms with Gasteiger partial charge in [-0.25, -0.2) is 0 Å². The molecule has 16 heavy (non-hydrogen) atoms. The number of aromatic nitrogens is 2. The van der Waals surface area contributed by atoms with Gasteiger partial charge in [-0.05, 0) is 44.1 Å². The fourth-order valence-corrected chi connectivity index (χ4v) is 2.75. The Hall–Kier alpha value is -0.830. The van der Waals surface area contributed by atoms with Gasteiger partial charge in [-0.2, -0.15) is 5.10 Å². The molecular formula is C13H23N3. The van der Waals surface area contributed by atoms with Crippen LogP contribution in [0.5, 0.6) is 0 Å². The van der Waals surface area contributed by atoms with Crippen LogP contribution in [0.15, 0.2) is 6.07 Å². The van der Waals surface area contributed by atoms with E-state index in [1.165, 1.54) is 37.1 Å². The van der Waals surface area contributed by atoms with Crippen LogP contribution in [0.4, 0.5) is 0 Å². The Bertz CT molecular complexity index is 343. The van der Waals surface area contributed by atoms with Crippen LogP contribution in [0.2, 0.25) is 0 Å². The summed E-state index contributed by atoms with van der Waals surface area (Å²) in [5.74, 6) is 0.767. The average Bonchev–Trinajstić information content (AvgIpc) is 2.60. The summed E-state index contributed by atoms with van der Waals surface area (Å²) < 4.78 is 2.04. The molecule has 3 heteroatoms. The van der Waals surface area contributed by atoms with E-state index in [4.69, 9.17) is 5.73 Å². The van der Waals surface area contributed by atoms with Crippen molar-refractivity contribution in [2.24, 2.45) is 18.7 Å². The van der Waals surface area contributed by atoms with Gasteiger partial charge in [0.25, 0.3) is 0 Å². The molecule has 0 saturated heterocycles. The molecule has 0 aliphatic heterocycles. The molecule has 0 amide bonds. The first-order valence-corrected chi connectivity index (χ1v) is 6.46. The molecule has 1 aromatic rings. The summed E-state index contributed by atoms with van der Waals surface area (Å²) in [6.07, 6.45) is 7.20. The Morgan fingerprint density at radius 3 is 2.94 bits per heavy atom. The van der Waals surface area contributed by atoms with Crippen molar-refractivity contribution in [1.82, 2.24) is 9.78 Å². The number of hydrogen-bond donors (Lipinski definition) is 1. The monoisotopic (exact) mass is 221 g/mol. The molecule has 0 aromatic carbocycles. The first-order chi connectivity index (χ1) is 7.69. The van der Waals surface area contributed by atoms with Crippen LogP contribution in [-0.4, -0.2) is 15.8 Å². The van der Waals surface area contributed by atoms with E-state index in [1.807, 2.05) is 4.68 Å². The van der Waals surface area contributed by atoms with E-state index < -0.39 is 0 Å². The van der Waals surface area contributed by atoms with Crippen molar-refractivity contribution in [3.05, 3.63) is 17.5 Å². The number of nitrogens with two attached hydrogens (primary N) is 1. The zero-order chi connectivity index (χ0) is 11.5. The summed E-state index contributed by atoms with van der Waals surface area (Å²) in [5, 5.41) is 4.50. The first kappa shape index (κ1) is 11.6. The third-order valence-electron chi connectivity index (χ3n) is 3.71. The molecule has 1 aromatic heterocycles. The molecule has 90 valence electrons. The Morgan fingerprint density at radius 2 is 2.31 bits per heavy atom. The number of hydrogen-bond acceptors (Lipinski definition) is 2. The van der Waals surface area contributed by atoms with Crippen molar-refractivity contribution < 1.29 is 0 Å². The van der Waals surface area contributed by atoms with Crippen LogP contribution in [0.3, 0.4) is 0 Å². The van der Waals surface area contributed by atoms with Gasteiger partial charge in [0, 0.05) is 18.8 Å². The van der Waals surface area contributed by atoms with E-state index >= 15 is 0 Å². The molecule has 0 radical (unpaired) electrons. The van der Waals surface area contributed by atoms with E-state index in [9.17, 15) is 0 Å². The van der Waals surface area contributed by atoms with Crippen molar-refractivity contribution in [1.29, 1.82) is 0 Å². The Balaban J connectivity index is 1.99. The normalized spacial score (nSPS) is 25.9. The number of aryl methyl sites for hydroxylation is 2. The highest BCUT2D eigenvalue weighted by atomic mass is 15.3. The Labute approximate surface area is 98.0 Å². The first-order valence-electron chi connectivity index (χ1n) is 6.46. The van der Waals surface area contributed by atoms with Gasteiger partial charge in [0.05, 0.1) is 5.69 Å². The molecular weight excluding hydrogens is 198 g/mol. The zero-order valence-electron chi connectivity index (χ0n) is 10.4. The summed E-state index contributed by atoms with van der Waals surface area (Å²) in [6, 6.07) is 2.68. The number of nitrogens with zero attached hydrogens (tertiary/aromatic N) is 2. The highest BCUT2D eigenvalue weighted by molar-refractivity contribution is 5.11. The van der Waals surface area contributed by atoms with Crippen molar-refractivity contribution in [3.63, 3.8) is 0 Å². The van der Waals surface area contributed by atoms with E-state index in [1.54, 1.807) is 0 Å². The largest absolute Gasteiger partial charge is 0.328 e. The maximum atomic E-state index is 6.03. The van der Waals surface area contributed by atoms with Crippen LogP contribution in [0, 0.1) is 5.92 Å². The molecule has 0 bridgehead atoms. The molecule has 1 aliphatic carbocycles. The van der Waals surface area contributed by atoms with E-state index in [0.717, 1.165) is 18.8 Å². The maximum absolute atomic E-state index is 6.03. The van der Waals surface area contributed by atoms with E-state index in [-0.39, 0.29) is 0 Å². The van der Waals surface area contributed by atoms with Crippen molar-refractivity contribution in [2.75, 3.05) is 0 Å². The van der Waals surface area contributed by atoms with Crippen molar-refractivity contribution in [2.45, 2.75) is 51.5 Å². The fraction of sp³-hybridized carbons (Fsp3) is 0.769. The highest BCUT2D eigenvalue weighted by Crippen LogP contribution is 2.26. The Kier molecular flexibility index (Phi) is 3.64. The maximum Gasteiger partial charge on any atom is 0.0624 e. The minimum atomic E-state index is 0.428. The topological polar surface area (TPSA) is 43.8 Å². The third-order valence-corrected chi connectivity index (χ3v) is 3.71. The second-order valence-electron chi connectivity index (χ2n) is 5.10. The van der Waals surface area contributed by atoms with Crippen LogP contribution >= 0.6 is 0 Å². The minimum absolute atomic E-state index is 0.428. The van der Waals surface area contributed by atoms with Gasteiger partial charge in [0.1, 0.15) is 0 Å². The minimum Gasteiger partial charge on any atom is -0.328 e. The molecule has 1 aliphatic rings. The molecule has 1 saturated carbocycles. The molecule has 1 heterocycles. The summed E-state index contributed by atoms with van der Waals surface area (Å²) >= 11 is 0. The second-order valence-corrected chi connectivity index (χ2v) is 5.10. The van der Waals surface area contributed by atoms with Crippen LogP contribution in [-0.2, 0) is 19.9 Å². The summed E-state index contributed by atoms with van der Waals surface area (Å²) in [7, 11) is 2.05. The van der Waals surface area contributed by atoms with Crippen LogP contribution < -0.4 is 5.73 Å². The third kappa shape index (κ3) is 2.64. The predicted octanol–water partition coefficient (Wildman–Crippen LogP) is 2.04. The van der Waals surface area contributed by atoms with Gasteiger partial charge < -0.3 is 5.73 Å². The Morgan fingerprint density at radius 1 is 1.50 bits per heavy atom.